The van der Waals surface area contributed by atoms with Gasteiger partial charge >= 0.3 is 12.1 Å². The number of amides is 2. The molecule has 0 aromatic heterocycles. The number of carbonyl (C=O) groups excluding carboxylic acids is 3. The van der Waals surface area contributed by atoms with Crippen LogP contribution < -0.4 is 10.6 Å². The molecule has 44 heavy (non-hydrogen) atoms. The SMILES string of the molecule is C[C@@H](NC(=O)OCC1c2ccccc2-c2ccccc21)C(=O)NCCOCCOCCOCCOCCC(=O)OC(C)(C)C. The number of rotatable bonds is 19. The van der Waals surface area contributed by atoms with Gasteiger partial charge in [0.15, 0.2) is 0 Å². The Labute approximate surface area is 259 Å². The first-order valence-corrected chi connectivity index (χ1v) is 15.1. The fourth-order valence-electron chi connectivity index (χ4n) is 4.59. The van der Waals surface area contributed by atoms with Crippen LogP contribution in [-0.2, 0) is 38.0 Å². The van der Waals surface area contributed by atoms with Gasteiger partial charge in [0.2, 0.25) is 5.91 Å². The molecule has 11 heteroatoms. The van der Waals surface area contributed by atoms with Crippen molar-refractivity contribution in [2.75, 3.05) is 66.0 Å². The van der Waals surface area contributed by atoms with Crippen molar-refractivity contribution >= 4 is 18.0 Å². The lowest BCUT2D eigenvalue weighted by Crippen LogP contribution is -2.46. The molecule has 0 aliphatic heterocycles. The Morgan fingerprint density at radius 1 is 0.750 bits per heavy atom. The zero-order chi connectivity index (χ0) is 31.8. The van der Waals surface area contributed by atoms with Gasteiger partial charge in [0.05, 0.1) is 59.3 Å². The van der Waals surface area contributed by atoms with Gasteiger partial charge in [0.25, 0.3) is 0 Å². The van der Waals surface area contributed by atoms with Crippen LogP contribution in [0.5, 0.6) is 0 Å². The zero-order valence-corrected chi connectivity index (χ0v) is 26.2. The zero-order valence-electron chi connectivity index (χ0n) is 26.2. The molecule has 2 amide bonds. The Balaban J connectivity index is 1.14. The molecule has 242 valence electrons. The number of hydrogen-bond donors (Lipinski definition) is 2. The summed E-state index contributed by atoms with van der Waals surface area (Å²) >= 11 is 0. The highest BCUT2D eigenvalue weighted by Gasteiger charge is 2.29. The quantitative estimate of drug-likeness (QED) is 0.179. The van der Waals surface area contributed by atoms with E-state index in [1.807, 2.05) is 45.0 Å². The largest absolute Gasteiger partial charge is 0.460 e. The normalized spacial score (nSPS) is 13.1. The highest BCUT2D eigenvalue weighted by molar-refractivity contribution is 5.85. The highest BCUT2D eigenvalue weighted by atomic mass is 16.6. The molecule has 0 radical (unpaired) electrons. The molecule has 0 unspecified atom stereocenters. The van der Waals surface area contributed by atoms with Crippen molar-refractivity contribution < 1.29 is 42.8 Å². The molecule has 1 aliphatic carbocycles. The molecule has 0 fully saturated rings. The second-order valence-corrected chi connectivity index (χ2v) is 11.3. The van der Waals surface area contributed by atoms with Crippen LogP contribution in [0.2, 0.25) is 0 Å². The summed E-state index contributed by atoms with van der Waals surface area (Å²) in [6.45, 7) is 10.5. The molecule has 2 N–H and O–H groups in total. The van der Waals surface area contributed by atoms with Crippen LogP contribution in [0.3, 0.4) is 0 Å². The van der Waals surface area contributed by atoms with Crippen molar-refractivity contribution in [3.63, 3.8) is 0 Å². The Morgan fingerprint density at radius 2 is 1.25 bits per heavy atom. The monoisotopic (exact) mass is 614 g/mol. The van der Waals surface area contributed by atoms with E-state index in [0.717, 1.165) is 22.3 Å². The average Bonchev–Trinajstić information content (AvgIpc) is 3.30. The third kappa shape index (κ3) is 12.2. The van der Waals surface area contributed by atoms with E-state index < -0.39 is 17.7 Å². The molecule has 0 heterocycles. The molecule has 0 spiro atoms. The molecule has 1 atom stereocenters. The van der Waals surface area contributed by atoms with E-state index in [9.17, 15) is 14.4 Å². The summed E-state index contributed by atoms with van der Waals surface area (Å²) in [6, 6.07) is 15.5. The molecule has 2 aromatic rings. The van der Waals surface area contributed by atoms with Crippen LogP contribution in [0, 0.1) is 0 Å². The number of fused-ring (bicyclic) bond motifs is 3. The smallest absolute Gasteiger partial charge is 0.407 e. The van der Waals surface area contributed by atoms with Gasteiger partial charge in [-0.2, -0.15) is 0 Å². The summed E-state index contributed by atoms with van der Waals surface area (Å²) in [6.07, 6.45) is -0.432. The van der Waals surface area contributed by atoms with Crippen molar-refractivity contribution in [2.45, 2.75) is 51.7 Å². The van der Waals surface area contributed by atoms with Gasteiger partial charge in [-0.05, 0) is 49.9 Å². The Hall–Kier alpha value is -3.51. The number of alkyl carbamates (subject to hydrolysis) is 1. The van der Waals surface area contributed by atoms with Crippen LogP contribution in [0.4, 0.5) is 4.79 Å². The molecule has 11 nitrogen and oxygen atoms in total. The fourth-order valence-corrected chi connectivity index (χ4v) is 4.59. The average molecular weight is 615 g/mol. The van der Waals surface area contributed by atoms with Gasteiger partial charge in [0.1, 0.15) is 18.2 Å². The molecule has 2 aromatic carbocycles. The van der Waals surface area contributed by atoms with E-state index in [1.54, 1.807) is 6.92 Å². The Morgan fingerprint density at radius 3 is 1.80 bits per heavy atom. The fraction of sp³-hybridized carbons (Fsp3) is 0.545. The Bertz CT molecular complexity index is 1150. The maximum absolute atomic E-state index is 12.4. The molecule has 3 rings (SSSR count). The van der Waals surface area contributed by atoms with E-state index in [0.29, 0.717) is 59.4 Å². The summed E-state index contributed by atoms with van der Waals surface area (Å²) in [5.74, 6) is -0.660. The van der Waals surface area contributed by atoms with E-state index >= 15 is 0 Å². The minimum absolute atomic E-state index is 0.0472. The lowest BCUT2D eigenvalue weighted by molar-refractivity contribution is -0.156. The maximum atomic E-state index is 12.4. The van der Waals surface area contributed by atoms with Gasteiger partial charge in [0, 0.05) is 12.5 Å². The van der Waals surface area contributed by atoms with E-state index in [2.05, 4.69) is 34.9 Å². The lowest BCUT2D eigenvalue weighted by Gasteiger charge is -2.19. The van der Waals surface area contributed by atoms with Gasteiger partial charge in [-0.1, -0.05) is 48.5 Å². The van der Waals surface area contributed by atoms with Crippen LogP contribution in [-0.4, -0.2) is 95.6 Å². The van der Waals surface area contributed by atoms with Crippen LogP contribution in [0.15, 0.2) is 48.5 Å². The van der Waals surface area contributed by atoms with Crippen molar-refractivity contribution in [2.24, 2.45) is 0 Å². The van der Waals surface area contributed by atoms with Gasteiger partial charge < -0.3 is 39.1 Å². The number of hydrogen-bond acceptors (Lipinski definition) is 9. The number of benzene rings is 2. The molecule has 1 aliphatic rings. The van der Waals surface area contributed by atoms with Crippen molar-refractivity contribution in [1.82, 2.24) is 10.6 Å². The van der Waals surface area contributed by atoms with Crippen molar-refractivity contribution in [3.8, 4) is 11.1 Å². The van der Waals surface area contributed by atoms with Gasteiger partial charge in [-0.15, -0.1) is 0 Å². The lowest BCUT2D eigenvalue weighted by atomic mass is 9.98. The van der Waals surface area contributed by atoms with E-state index in [1.165, 1.54) is 0 Å². The summed E-state index contributed by atoms with van der Waals surface area (Å²) in [5.41, 5.74) is 4.07. The highest BCUT2D eigenvalue weighted by Crippen LogP contribution is 2.44. The molecule has 0 bridgehead atoms. The molecular formula is C33H46N2O9. The van der Waals surface area contributed by atoms with Crippen molar-refractivity contribution in [3.05, 3.63) is 59.7 Å². The molecular weight excluding hydrogens is 568 g/mol. The minimum Gasteiger partial charge on any atom is -0.460 e. The Kier molecular flexibility index (Phi) is 14.6. The topological polar surface area (TPSA) is 131 Å². The minimum atomic E-state index is -0.760. The first-order chi connectivity index (χ1) is 21.2. The first-order valence-electron chi connectivity index (χ1n) is 15.1. The van der Waals surface area contributed by atoms with Crippen LogP contribution >= 0.6 is 0 Å². The predicted octanol–water partition coefficient (Wildman–Crippen LogP) is 3.83. The molecule has 0 saturated carbocycles. The number of carbonyl (C=O) groups is 3. The summed E-state index contributed by atoms with van der Waals surface area (Å²) < 4.78 is 32.4. The number of esters is 1. The summed E-state index contributed by atoms with van der Waals surface area (Å²) in [5, 5.41) is 5.32. The number of ether oxygens (including phenoxy) is 6. The van der Waals surface area contributed by atoms with Crippen LogP contribution in [0.25, 0.3) is 11.1 Å². The van der Waals surface area contributed by atoms with Gasteiger partial charge in [-0.3, -0.25) is 9.59 Å². The second kappa shape index (κ2) is 18.3. The summed E-state index contributed by atoms with van der Waals surface area (Å²) in [4.78, 5) is 36.4. The van der Waals surface area contributed by atoms with Crippen molar-refractivity contribution in [1.29, 1.82) is 0 Å². The second-order valence-electron chi connectivity index (χ2n) is 11.3. The summed E-state index contributed by atoms with van der Waals surface area (Å²) in [7, 11) is 0. The standard InChI is InChI=1S/C33H46N2O9/c1-24(35-32(38)43-23-29-27-11-7-5-9-25(27)26-10-6-8-12-28(26)29)31(37)34-14-16-40-18-20-42-22-21-41-19-17-39-15-13-30(36)44-33(2,3)4/h5-12,24,29H,13-23H2,1-4H3,(H,34,37)(H,35,38)/t24-/m1/s1. The first kappa shape index (κ1) is 35.0. The third-order valence-electron chi connectivity index (χ3n) is 6.60. The maximum Gasteiger partial charge on any atom is 0.407 e. The van der Waals surface area contributed by atoms with E-state index in [4.69, 9.17) is 28.4 Å². The van der Waals surface area contributed by atoms with Crippen LogP contribution in [0.1, 0.15) is 51.2 Å². The predicted molar refractivity (Wildman–Crippen MR) is 164 cm³/mol. The number of nitrogens with one attached hydrogen (secondary N) is 2. The third-order valence-corrected chi connectivity index (χ3v) is 6.60. The van der Waals surface area contributed by atoms with Gasteiger partial charge in [-0.25, -0.2) is 4.79 Å². The molecule has 0 saturated heterocycles. The van der Waals surface area contributed by atoms with E-state index in [-0.39, 0.29) is 30.8 Å².